The Hall–Kier alpha value is -2.20. The van der Waals surface area contributed by atoms with Gasteiger partial charge in [-0.2, -0.15) is 13.2 Å². The van der Waals surface area contributed by atoms with Crippen LogP contribution in [0.15, 0.2) is 54.2 Å². The highest BCUT2D eigenvalue weighted by Crippen LogP contribution is 2.41. The second-order valence-corrected chi connectivity index (χ2v) is 9.67. The van der Waals surface area contributed by atoms with Crippen LogP contribution >= 0.6 is 23.2 Å². The molecule has 3 rings (SSSR count). The maximum atomic E-state index is 13.1. The fraction of sp³-hybridized carbons (Fsp3) is 0.423. The molecule has 0 bridgehead atoms. The van der Waals surface area contributed by atoms with E-state index in [1.165, 1.54) is 6.08 Å². The zero-order valence-electron chi connectivity index (χ0n) is 18.7. The van der Waals surface area contributed by atoms with E-state index in [2.05, 4.69) is 23.3 Å². The van der Waals surface area contributed by atoms with Crippen molar-refractivity contribution in [3.63, 3.8) is 0 Å². The molecule has 0 spiro atoms. The predicted octanol–water partition coefficient (Wildman–Crippen LogP) is 7.23. The van der Waals surface area contributed by atoms with Crippen LogP contribution in [0, 0.1) is 23.7 Å². The molecule has 1 saturated heterocycles. The molecule has 182 valence electrons. The predicted molar refractivity (Wildman–Crippen MR) is 129 cm³/mol. The minimum Gasteiger partial charge on any atom is -0.481 e. The Kier molecular flexibility index (Phi) is 8.57. The maximum absolute atomic E-state index is 13.1. The number of alkyl halides is 3. The first-order valence-electron chi connectivity index (χ1n) is 11.0. The Morgan fingerprint density at radius 2 is 2.09 bits per heavy atom. The molecule has 0 radical (unpaired) electrons. The average Bonchev–Trinajstić information content (AvgIpc) is 2.74. The minimum atomic E-state index is -4.40. The number of halogens is 5. The lowest BCUT2D eigenvalue weighted by Crippen LogP contribution is -2.48. The lowest BCUT2D eigenvalue weighted by Gasteiger charge is -2.45. The van der Waals surface area contributed by atoms with E-state index >= 15 is 0 Å². The summed E-state index contributed by atoms with van der Waals surface area (Å²) in [6.45, 7) is 6.18. The van der Waals surface area contributed by atoms with Crippen LogP contribution in [-0.2, 0) is 4.79 Å². The molecule has 1 aromatic rings. The van der Waals surface area contributed by atoms with Gasteiger partial charge in [-0.1, -0.05) is 65.9 Å². The largest absolute Gasteiger partial charge is 0.481 e. The Bertz CT molecular complexity index is 1070. The number of hydrogen-bond donors (Lipinski definition) is 1. The third-order valence-corrected chi connectivity index (χ3v) is 6.79. The van der Waals surface area contributed by atoms with E-state index in [1.54, 1.807) is 31.2 Å². The smallest absolute Gasteiger partial charge is 0.416 e. The Labute approximate surface area is 207 Å². The number of nitrogens with zero attached hydrogens (tertiary/aromatic N) is 1. The van der Waals surface area contributed by atoms with Crippen LogP contribution in [0.3, 0.4) is 0 Å². The van der Waals surface area contributed by atoms with E-state index in [9.17, 15) is 23.1 Å². The molecule has 4 atom stereocenters. The molecule has 2 aliphatic rings. The van der Waals surface area contributed by atoms with Gasteiger partial charge < -0.3 is 5.11 Å². The molecule has 1 aliphatic carbocycles. The quantitative estimate of drug-likeness (QED) is 0.423. The van der Waals surface area contributed by atoms with Crippen LogP contribution < -0.4 is 0 Å². The topological polar surface area (TPSA) is 40.5 Å². The summed E-state index contributed by atoms with van der Waals surface area (Å²) in [5.74, 6) is 5.09. The van der Waals surface area contributed by atoms with Gasteiger partial charge in [0, 0.05) is 34.6 Å². The molecule has 1 fully saturated rings. The van der Waals surface area contributed by atoms with Crippen LogP contribution in [-0.4, -0.2) is 34.7 Å². The summed E-state index contributed by atoms with van der Waals surface area (Å²) in [7, 11) is 0. The van der Waals surface area contributed by atoms with Gasteiger partial charge in [0.25, 0.3) is 0 Å². The number of piperidine rings is 1. The number of carboxylic acids is 1. The SMILES string of the molecule is C=C(C)C#C[C@@H](c1ccc(Cl)cc1Cl)N1CC[C@H](CC(=O)O)C[C@@H]1C1C=CC(C(F)(F)F)=CC1. The molecular weight excluding hydrogens is 486 g/mol. The summed E-state index contributed by atoms with van der Waals surface area (Å²) in [6.07, 6.45) is 0.939. The van der Waals surface area contributed by atoms with Crippen molar-refractivity contribution < 1.29 is 23.1 Å². The number of carboxylic acid groups (broad SMARTS) is 1. The lowest BCUT2D eigenvalue weighted by molar-refractivity contribution is -0.138. The molecule has 1 heterocycles. The second kappa shape index (κ2) is 11.0. The molecule has 1 aromatic carbocycles. The van der Waals surface area contributed by atoms with Crippen LogP contribution in [0.25, 0.3) is 0 Å². The summed E-state index contributed by atoms with van der Waals surface area (Å²) < 4.78 is 39.4. The normalized spacial score (nSPS) is 24.1. The molecule has 8 heteroatoms. The summed E-state index contributed by atoms with van der Waals surface area (Å²) in [5, 5.41) is 10.2. The Balaban J connectivity index is 1.99. The average molecular weight is 512 g/mol. The maximum Gasteiger partial charge on any atom is 0.416 e. The van der Waals surface area contributed by atoms with Crippen molar-refractivity contribution in [2.45, 2.75) is 50.9 Å². The molecule has 1 aliphatic heterocycles. The molecule has 3 nitrogen and oxygen atoms in total. The van der Waals surface area contributed by atoms with Gasteiger partial charge in [0.1, 0.15) is 0 Å². The lowest BCUT2D eigenvalue weighted by atomic mass is 9.78. The number of benzene rings is 1. The fourth-order valence-corrected chi connectivity index (χ4v) is 5.16. The van der Waals surface area contributed by atoms with Gasteiger partial charge in [-0.3, -0.25) is 9.69 Å². The molecule has 0 amide bonds. The zero-order chi connectivity index (χ0) is 25.0. The van der Waals surface area contributed by atoms with Crippen LogP contribution in [0.2, 0.25) is 10.0 Å². The molecule has 34 heavy (non-hydrogen) atoms. The fourth-order valence-electron chi connectivity index (χ4n) is 4.65. The van der Waals surface area contributed by atoms with Crippen LogP contribution in [0.5, 0.6) is 0 Å². The highest BCUT2D eigenvalue weighted by Gasteiger charge is 2.40. The second-order valence-electron chi connectivity index (χ2n) is 8.83. The number of likely N-dealkylation sites (tertiary alicyclic amines) is 1. The number of aliphatic carboxylic acids is 1. The highest BCUT2D eigenvalue weighted by molar-refractivity contribution is 6.35. The highest BCUT2D eigenvalue weighted by atomic mass is 35.5. The first-order valence-corrected chi connectivity index (χ1v) is 11.8. The zero-order valence-corrected chi connectivity index (χ0v) is 20.2. The van der Waals surface area contributed by atoms with E-state index in [1.807, 2.05) is 0 Å². The van der Waals surface area contributed by atoms with E-state index in [-0.39, 0.29) is 30.7 Å². The monoisotopic (exact) mass is 511 g/mol. The van der Waals surface area contributed by atoms with Gasteiger partial charge in [-0.15, -0.1) is 0 Å². The number of allylic oxidation sites excluding steroid dienone is 4. The van der Waals surface area contributed by atoms with Crippen molar-refractivity contribution >= 4 is 29.2 Å². The summed E-state index contributed by atoms with van der Waals surface area (Å²) >= 11 is 12.6. The van der Waals surface area contributed by atoms with Crippen LogP contribution in [0.1, 0.15) is 44.2 Å². The van der Waals surface area contributed by atoms with Gasteiger partial charge in [-0.05, 0) is 55.7 Å². The minimum absolute atomic E-state index is 0.0221. The van der Waals surface area contributed by atoms with Crippen molar-refractivity contribution in [3.05, 3.63) is 69.8 Å². The molecule has 1 unspecified atom stereocenters. The third-order valence-electron chi connectivity index (χ3n) is 6.23. The number of rotatable bonds is 5. The van der Waals surface area contributed by atoms with Crippen molar-refractivity contribution in [2.24, 2.45) is 11.8 Å². The van der Waals surface area contributed by atoms with E-state index in [0.29, 0.717) is 35.0 Å². The van der Waals surface area contributed by atoms with Gasteiger partial charge >= 0.3 is 12.1 Å². The number of carbonyl (C=O) groups is 1. The van der Waals surface area contributed by atoms with Crippen molar-refractivity contribution in [2.75, 3.05) is 6.54 Å². The molecule has 1 N–H and O–H groups in total. The van der Waals surface area contributed by atoms with Gasteiger partial charge in [0.05, 0.1) is 11.6 Å². The van der Waals surface area contributed by atoms with Gasteiger partial charge in [0.2, 0.25) is 0 Å². The summed E-state index contributed by atoms with van der Waals surface area (Å²) in [4.78, 5) is 13.5. The van der Waals surface area contributed by atoms with E-state index in [0.717, 1.165) is 11.6 Å². The number of hydrogen-bond acceptors (Lipinski definition) is 2. The standard InChI is InChI=1S/C26H26Cl2F3NO2/c1-16(2)3-10-23(21-9-8-20(27)15-22(21)28)32-12-11-17(14-25(33)34)13-24(32)18-4-6-19(7-5-18)26(29,30)31/h4,6-9,15,17-18,23-24H,1,5,11-14H2,2H3,(H,33,34)/t17-,18?,23-,24+/m0/s1. The Morgan fingerprint density at radius 3 is 2.65 bits per heavy atom. The first kappa shape index (κ1) is 26.4. The van der Waals surface area contributed by atoms with Crippen molar-refractivity contribution in [1.29, 1.82) is 0 Å². The van der Waals surface area contributed by atoms with E-state index < -0.39 is 23.8 Å². The van der Waals surface area contributed by atoms with Gasteiger partial charge in [-0.25, -0.2) is 0 Å². The van der Waals surface area contributed by atoms with Crippen LogP contribution in [0.4, 0.5) is 13.2 Å². The molecular formula is C26H26Cl2F3NO2. The summed E-state index contributed by atoms with van der Waals surface area (Å²) in [5.41, 5.74) is 0.753. The molecule has 0 aromatic heterocycles. The van der Waals surface area contributed by atoms with E-state index in [4.69, 9.17) is 23.2 Å². The van der Waals surface area contributed by atoms with Gasteiger partial charge in [0.15, 0.2) is 0 Å². The van der Waals surface area contributed by atoms with Crippen molar-refractivity contribution in [3.8, 4) is 11.8 Å². The molecule has 0 saturated carbocycles. The summed E-state index contributed by atoms with van der Waals surface area (Å²) in [6, 6.07) is 4.51. The van der Waals surface area contributed by atoms with Crippen molar-refractivity contribution in [1.82, 2.24) is 4.90 Å². The first-order chi connectivity index (χ1) is 16.0. The third kappa shape index (κ3) is 6.69. The Morgan fingerprint density at radius 1 is 1.35 bits per heavy atom.